The van der Waals surface area contributed by atoms with Crippen molar-refractivity contribution in [2.45, 2.75) is 12.2 Å². The molecule has 0 aliphatic carbocycles. The van der Waals surface area contributed by atoms with Gasteiger partial charge in [-0.2, -0.15) is 13.2 Å². The molecule has 28 heavy (non-hydrogen) atoms. The lowest BCUT2D eigenvalue weighted by atomic mass is 10.1. The third-order valence-electron chi connectivity index (χ3n) is 3.62. The average Bonchev–Trinajstić information content (AvgIpc) is 2.65. The Labute approximate surface area is 156 Å². The van der Waals surface area contributed by atoms with Crippen LogP contribution in [0.3, 0.4) is 0 Å². The van der Waals surface area contributed by atoms with E-state index in [-0.39, 0.29) is 11.3 Å². The van der Waals surface area contributed by atoms with Gasteiger partial charge < -0.3 is 15.4 Å². The molecule has 0 bridgehead atoms. The van der Waals surface area contributed by atoms with E-state index in [9.17, 15) is 31.5 Å². The van der Waals surface area contributed by atoms with E-state index in [0.29, 0.717) is 0 Å². The molecule has 0 aliphatic rings. The van der Waals surface area contributed by atoms with Gasteiger partial charge in [0.15, 0.2) is 18.2 Å². The molecule has 0 heterocycles. The molecule has 0 aliphatic heterocycles. The summed E-state index contributed by atoms with van der Waals surface area (Å²) >= 11 is 0. The summed E-state index contributed by atoms with van der Waals surface area (Å²) in [5, 5.41) is 4.52. The minimum Gasteiger partial charge on any atom is -0.484 e. The topological polar surface area (TPSA) is 67.4 Å². The Morgan fingerprint density at radius 1 is 1.07 bits per heavy atom. The number of carbonyl (C=O) groups excluding carboxylic acids is 2. The summed E-state index contributed by atoms with van der Waals surface area (Å²) in [6, 6.07) is 5.23. The van der Waals surface area contributed by atoms with E-state index in [1.165, 1.54) is 13.1 Å². The Balaban J connectivity index is 2.08. The first-order valence-corrected chi connectivity index (χ1v) is 7.87. The van der Waals surface area contributed by atoms with Gasteiger partial charge >= 0.3 is 6.18 Å². The van der Waals surface area contributed by atoms with Crippen molar-refractivity contribution in [3.05, 3.63) is 65.2 Å². The molecule has 1 atom stereocenters. The van der Waals surface area contributed by atoms with Crippen molar-refractivity contribution in [3.8, 4) is 5.75 Å². The standard InChI is InChI=1S/C18H15F5N2O3/c1-24-17(27)16(10-5-6-13(19)14(20)7-10)25-15(26)9-28-12-4-2-3-11(8-12)18(21,22)23/h2-8,16H,9H2,1H3,(H,24,27)(H,25,26). The van der Waals surface area contributed by atoms with E-state index in [2.05, 4.69) is 10.6 Å². The summed E-state index contributed by atoms with van der Waals surface area (Å²) in [6.07, 6.45) is -4.57. The Kier molecular flexibility index (Phi) is 6.55. The number of carbonyl (C=O) groups is 2. The maximum absolute atomic E-state index is 13.4. The summed E-state index contributed by atoms with van der Waals surface area (Å²) in [4.78, 5) is 24.0. The highest BCUT2D eigenvalue weighted by Crippen LogP contribution is 2.31. The zero-order chi connectivity index (χ0) is 20.9. The predicted octanol–water partition coefficient (Wildman–Crippen LogP) is 2.97. The highest BCUT2D eigenvalue weighted by Gasteiger charge is 2.30. The van der Waals surface area contributed by atoms with E-state index in [4.69, 9.17) is 4.74 Å². The van der Waals surface area contributed by atoms with Crippen molar-refractivity contribution < 1.29 is 36.3 Å². The zero-order valence-corrected chi connectivity index (χ0v) is 14.4. The predicted molar refractivity (Wildman–Crippen MR) is 88.2 cm³/mol. The molecule has 2 amide bonds. The SMILES string of the molecule is CNC(=O)C(NC(=O)COc1cccc(C(F)(F)F)c1)c1ccc(F)c(F)c1. The van der Waals surface area contributed by atoms with E-state index >= 15 is 0 Å². The van der Waals surface area contributed by atoms with E-state index in [1.54, 1.807) is 0 Å². The van der Waals surface area contributed by atoms with Gasteiger partial charge in [0.05, 0.1) is 5.56 Å². The second-order valence-corrected chi connectivity index (χ2v) is 5.60. The fourth-order valence-electron chi connectivity index (χ4n) is 2.25. The number of amides is 2. The molecule has 0 saturated carbocycles. The molecule has 2 aromatic carbocycles. The number of benzene rings is 2. The molecular formula is C18H15F5N2O3. The van der Waals surface area contributed by atoms with Crippen molar-refractivity contribution in [3.63, 3.8) is 0 Å². The van der Waals surface area contributed by atoms with Crippen molar-refractivity contribution in [2.24, 2.45) is 0 Å². The molecule has 2 N–H and O–H groups in total. The highest BCUT2D eigenvalue weighted by atomic mass is 19.4. The van der Waals surface area contributed by atoms with Gasteiger partial charge in [0.25, 0.3) is 5.91 Å². The van der Waals surface area contributed by atoms with Gasteiger partial charge in [-0.25, -0.2) is 8.78 Å². The third-order valence-corrected chi connectivity index (χ3v) is 3.62. The minimum absolute atomic E-state index is 0.0225. The van der Waals surface area contributed by atoms with Gasteiger partial charge in [-0.15, -0.1) is 0 Å². The number of rotatable bonds is 6. The fraction of sp³-hybridized carbons (Fsp3) is 0.222. The van der Waals surface area contributed by atoms with E-state index in [0.717, 1.165) is 36.4 Å². The first kappa shape index (κ1) is 21.1. The minimum atomic E-state index is -4.57. The summed E-state index contributed by atoms with van der Waals surface area (Å²) in [5.74, 6) is -4.09. The number of halogens is 5. The summed E-state index contributed by atoms with van der Waals surface area (Å²) in [5.41, 5.74) is -0.971. The number of hydrogen-bond acceptors (Lipinski definition) is 3. The zero-order valence-electron chi connectivity index (χ0n) is 14.4. The third kappa shape index (κ3) is 5.41. The lowest BCUT2D eigenvalue weighted by Gasteiger charge is -2.18. The fourth-order valence-corrected chi connectivity index (χ4v) is 2.25. The number of nitrogens with one attached hydrogen (secondary N) is 2. The van der Waals surface area contributed by atoms with Crippen LogP contribution in [0.1, 0.15) is 17.2 Å². The number of hydrogen-bond donors (Lipinski definition) is 2. The van der Waals surface area contributed by atoms with Gasteiger partial charge in [-0.3, -0.25) is 9.59 Å². The van der Waals surface area contributed by atoms with Crippen LogP contribution in [0, 0.1) is 11.6 Å². The van der Waals surface area contributed by atoms with Crippen LogP contribution in [0.5, 0.6) is 5.75 Å². The lowest BCUT2D eigenvalue weighted by Crippen LogP contribution is -2.41. The van der Waals surface area contributed by atoms with E-state index < -0.39 is 47.8 Å². The van der Waals surface area contributed by atoms with Crippen LogP contribution in [0.15, 0.2) is 42.5 Å². The maximum atomic E-state index is 13.4. The summed E-state index contributed by atoms with van der Waals surface area (Å²) < 4.78 is 69.5. The molecule has 0 radical (unpaired) electrons. The van der Waals surface area contributed by atoms with Gasteiger partial charge in [0.2, 0.25) is 5.91 Å². The first-order valence-electron chi connectivity index (χ1n) is 7.87. The van der Waals surface area contributed by atoms with Gasteiger partial charge in [0.1, 0.15) is 11.8 Å². The van der Waals surface area contributed by atoms with Gasteiger partial charge in [-0.05, 0) is 35.9 Å². The van der Waals surface area contributed by atoms with Gasteiger partial charge in [0, 0.05) is 7.05 Å². The van der Waals surface area contributed by atoms with Crippen molar-refractivity contribution in [1.82, 2.24) is 10.6 Å². The second kappa shape index (κ2) is 8.68. The van der Waals surface area contributed by atoms with Crippen LogP contribution < -0.4 is 15.4 Å². The summed E-state index contributed by atoms with van der Waals surface area (Å²) in [6.45, 7) is -0.696. The van der Waals surface area contributed by atoms with Crippen LogP contribution in [0.25, 0.3) is 0 Å². The number of ether oxygens (including phenoxy) is 1. The Hall–Kier alpha value is -3.17. The van der Waals surface area contributed by atoms with E-state index in [1.807, 2.05) is 0 Å². The maximum Gasteiger partial charge on any atom is 0.416 e. The van der Waals surface area contributed by atoms with Crippen LogP contribution in [0.2, 0.25) is 0 Å². The molecule has 2 aromatic rings. The van der Waals surface area contributed by atoms with Crippen LogP contribution >= 0.6 is 0 Å². The van der Waals surface area contributed by atoms with Crippen molar-refractivity contribution in [2.75, 3.05) is 13.7 Å². The van der Waals surface area contributed by atoms with Crippen LogP contribution in [0.4, 0.5) is 22.0 Å². The molecule has 0 spiro atoms. The Bertz CT molecular complexity index is 871. The molecule has 10 heteroatoms. The first-order chi connectivity index (χ1) is 13.1. The van der Waals surface area contributed by atoms with Crippen molar-refractivity contribution in [1.29, 1.82) is 0 Å². The molecule has 0 aromatic heterocycles. The quantitative estimate of drug-likeness (QED) is 0.731. The normalized spacial score (nSPS) is 12.2. The second-order valence-electron chi connectivity index (χ2n) is 5.60. The molecule has 2 rings (SSSR count). The average molecular weight is 402 g/mol. The summed E-state index contributed by atoms with van der Waals surface area (Å²) in [7, 11) is 1.28. The molecule has 5 nitrogen and oxygen atoms in total. The lowest BCUT2D eigenvalue weighted by molar-refractivity contribution is -0.137. The highest BCUT2D eigenvalue weighted by molar-refractivity contribution is 5.89. The Morgan fingerprint density at radius 2 is 1.79 bits per heavy atom. The van der Waals surface area contributed by atoms with Crippen LogP contribution in [-0.2, 0) is 15.8 Å². The monoisotopic (exact) mass is 402 g/mol. The number of alkyl halides is 3. The van der Waals surface area contributed by atoms with Crippen molar-refractivity contribution >= 4 is 11.8 Å². The molecule has 0 saturated heterocycles. The molecular weight excluding hydrogens is 387 g/mol. The Morgan fingerprint density at radius 3 is 2.39 bits per heavy atom. The largest absolute Gasteiger partial charge is 0.484 e. The molecule has 150 valence electrons. The van der Waals surface area contributed by atoms with Crippen LogP contribution in [-0.4, -0.2) is 25.5 Å². The smallest absolute Gasteiger partial charge is 0.416 e. The van der Waals surface area contributed by atoms with Gasteiger partial charge in [-0.1, -0.05) is 12.1 Å². The molecule has 1 unspecified atom stereocenters. The molecule has 0 fully saturated rings. The number of likely N-dealkylation sites (N-methyl/N-ethyl adjacent to an activating group) is 1.